The molecule has 1 unspecified atom stereocenters. The molecule has 0 saturated heterocycles. The molecule has 3 nitrogen and oxygen atoms in total. The molecule has 1 atom stereocenters. The first-order valence-electron chi connectivity index (χ1n) is 6.39. The zero-order valence-corrected chi connectivity index (χ0v) is 14.2. The van der Waals surface area contributed by atoms with Crippen LogP contribution in [0.3, 0.4) is 0 Å². The molecule has 1 aromatic heterocycles. The van der Waals surface area contributed by atoms with E-state index in [1.165, 1.54) is 4.88 Å². The van der Waals surface area contributed by atoms with E-state index in [-0.39, 0.29) is 6.04 Å². The van der Waals surface area contributed by atoms with Crippen molar-refractivity contribution < 1.29 is 9.47 Å². The molecule has 0 bridgehead atoms. The van der Waals surface area contributed by atoms with E-state index in [1.807, 2.05) is 12.1 Å². The Hall–Kier alpha value is -1.04. The van der Waals surface area contributed by atoms with Crippen molar-refractivity contribution in [1.29, 1.82) is 0 Å². The number of halogens is 1. The lowest BCUT2D eigenvalue weighted by Crippen LogP contribution is -2.22. The normalized spacial score (nSPS) is 12.2. The van der Waals surface area contributed by atoms with E-state index in [0.717, 1.165) is 28.1 Å². The third-order valence-electron chi connectivity index (χ3n) is 3.07. The van der Waals surface area contributed by atoms with Crippen LogP contribution in [0, 0.1) is 0 Å². The maximum atomic E-state index is 5.52. The van der Waals surface area contributed by atoms with Gasteiger partial charge in [-0.05, 0) is 46.1 Å². The summed E-state index contributed by atoms with van der Waals surface area (Å²) in [4.78, 5) is 1.25. The summed E-state index contributed by atoms with van der Waals surface area (Å²) in [5.41, 5.74) is 1.11. The summed E-state index contributed by atoms with van der Waals surface area (Å²) in [6.45, 7) is 2.98. The fraction of sp³-hybridized carbons (Fsp3) is 0.333. The molecule has 1 N–H and O–H groups in total. The van der Waals surface area contributed by atoms with Crippen LogP contribution in [0.1, 0.15) is 23.4 Å². The fourth-order valence-electron chi connectivity index (χ4n) is 2.12. The number of thiophene rings is 1. The van der Waals surface area contributed by atoms with Gasteiger partial charge < -0.3 is 14.8 Å². The van der Waals surface area contributed by atoms with Gasteiger partial charge in [-0.15, -0.1) is 11.3 Å². The van der Waals surface area contributed by atoms with Gasteiger partial charge in [-0.3, -0.25) is 0 Å². The topological polar surface area (TPSA) is 30.5 Å². The second-order valence-corrected chi connectivity index (χ2v) is 6.03. The highest BCUT2D eigenvalue weighted by molar-refractivity contribution is 9.10. The highest BCUT2D eigenvalue weighted by atomic mass is 79.9. The monoisotopic (exact) mass is 355 g/mol. The van der Waals surface area contributed by atoms with E-state index in [2.05, 4.69) is 45.7 Å². The molecule has 108 valence electrons. The zero-order chi connectivity index (χ0) is 14.5. The van der Waals surface area contributed by atoms with E-state index in [9.17, 15) is 0 Å². The zero-order valence-electron chi connectivity index (χ0n) is 11.8. The van der Waals surface area contributed by atoms with Crippen LogP contribution in [0.2, 0.25) is 0 Å². The van der Waals surface area contributed by atoms with Crippen molar-refractivity contribution in [2.24, 2.45) is 0 Å². The number of hydrogen-bond acceptors (Lipinski definition) is 4. The molecule has 2 aromatic rings. The first kappa shape index (κ1) is 15.4. The highest BCUT2D eigenvalue weighted by Gasteiger charge is 2.21. The largest absolute Gasteiger partial charge is 0.497 e. The van der Waals surface area contributed by atoms with Gasteiger partial charge in [-0.1, -0.05) is 6.92 Å². The SMILES string of the molecule is CCNC(c1ccc(OC)cc1OC)c1sccc1Br. The maximum absolute atomic E-state index is 5.52. The lowest BCUT2D eigenvalue weighted by molar-refractivity contribution is 0.388. The van der Waals surface area contributed by atoms with Crippen molar-refractivity contribution in [2.45, 2.75) is 13.0 Å². The third kappa shape index (κ3) is 3.16. The highest BCUT2D eigenvalue weighted by Crippen LogP contribution is 2.38. The number of hydrogen-bond donors (Lipinski definition) is 1. The standard InChI is InChI=1S/C15H18BrNO2S/c1-4-17-14(15-12(16)7-8-20-15)11-6-5-10(18-2)9-13(11)19-3/h5-9,14,17H,4H2,1-3H3. The van der Waals surface area contributed by atoms with Crippen molar-refractivity contribution in [1.82, 2.24) is 5.32 Å². The first-order chi connectivity index (χ1) is 9.71. The Labute approximate surface area is 132 Å². The number of nitrogens with one attached hydrogen (secondary N) is 1. The van der Waals surface area contributed by atoms with Crippen molar-refractivity contribution in [3.8, 4) is 11.5 Å². The smallest absolute Gasteiger partial charge is 0.127 e. The average Bonchev–Trinajstić information content (AvgIpc) is 2.90. The minimum Gasteiger partial charge on any atom is -0.497 e. The van der Waals surface area contributed by atoms with Gasteiger partial charge in [0.15, 0.2) is 0 Å². The van der Waals surface area contributed by atoms with Crippen LogP contribution in [-0.2, 0) is 0 Å². The fourth-order valence-corrected chi connectivity index (χ4v) is 3.81. The maximum Gasteiger partial charge on any atom is 0.127 e. The molecular formula is C15H18BrNO2S. The molecule has 0 fully saturated rings. The van der Waals surface area contributed by atoms with E-state index in [4.69, 9.17) is 9.47 Å². The van der Waals surface area contributed by atoms with Gasteiger partial charge >= 0.3 is 0 Å². The molecule has 20 heavy (non-hydrogen) atoms. The van der Waals surface area contributed by atoms with Gasteiger partial charge in [0.1, 0.15) is 11.5 Å². The van der Waals surface area contributed by atoms with Gasteiger partial charge in [0.2, 0.25) is 0 Å². The summed E-state index contributed by atoms with van der Waals surface area (Å²) in [5.74, 6) is 1.63. The Morgan fingerprint density at radius 1 is 1.25 bits per heavy atom. The van der Waals surface area contributed by atoms with Crippen LogP contribution in [0.15, 0.2) is 34.1 Å². The number of ether oxygens (including phenoxy) is 2. The number of methoxy groups -OCH3 is 2. The summed E-state index contributed by atoms with van der Waals surface area (Å²) in [6.07, 6.45) is 0. The van der Waals surface area contributed by atoms with Crippen LogP contribution >= 0.6 is 27.3 Å². The molecular weight excluding hydrogens is 338 g/mol. The van der Waals surface area contributed by atoms with E-state index >= 15 is 0 Å². The summed E-state index contributed by atoms with van der Waals surface area (Å²) < 4.78 is 11.9. The predicted molar refractivity (Wildman–Crippen MR) is 87.1 cm³/mol. The Morgan fingerprint density at radius 3 is 2.60 bits per heavy atom. The quantitative estimate of drug-likeness (QED) is 0.840. The lowest BCUT2D eigenvalue weighted by atomic mass is 10.0. The summed E-state index contributed by atoms with van der Waals surface area (Å²) in [5, 5.41) is 5.60. The Bertz CT molecular complexity index is 571. The van der Waals surface area contributed by atoms with Crippen molar-refractivity contribution in [3.05, 3.63) is 44.6 Å². The summed E-state index contributed by atoms with van der Waals surface area (Å²) >= 11 is 5.34. The van der Waals surface area contributed by atoms with Crippen molar-refractivity contribution in [2.75, 3.05) is 20.8 Å². The molecule has 0 aliphatic rings. The molecule has 5 heteroatoms. The molecule has 0 spiro atoms. The average molecular weight is 356 g/mol. The minimum atomic E-state index is 0.107. The molecule has 0 radical (unpaired) electrons. The molecule has 1 aromatic carbocycles. The van der Waals surface area contributed by atoms with Gasteiger partial charge in [0, 0.05) is 21.0 Å². The first-order valence-corrected chi connectivity index (χ1v) is 8.06. The van der Waals surface area contributed by atoms with Gasteiger partial charge in [-0.2, -0.15) is 0 Å². The van der Waals surface area contributed by atoms with Gasteiger partial charge in [0.25, 0.3) is 0 Å². The Morgan fingerprint density at radius 2 is 2.05 bits per heavy atom. The second-order valence-electron chi connectivity index (χ2n) is 4.23. The molecule has 0 amide bonds. The van der Waals surface area contributed by atoms with E-state index in [1.54, 1.807) is 25.6 Å². The summed E-state index contributed by atoms with van der Waals surface area (Å²) in [7, 11) is 3.34. The number of rotatable bonds is 6. The second kappa shape index (κ2) is 7.11. The van der Waals surface area contributed by atoms with E-state index < -0.39 is 0 Å². The lowest BCUT2D eigenvalue weighted by Gasteiger charge is -2.21. The molecule has 0 aliphatic carbocycles. The predicted octanol–water partition coefficient (Wildman–Crippen LogP) is 4.23. The van der Waals surface area contributed by atoms with Crippen LogP contribution in [0.25, 0.3) is 0 Å². The van der Waals surface area contributed by atoms with Crippen LogP contribution in [0.5, 0.6) is 11.5 Å². The Balaban J connectivity index is 2.46. The van der Waals surface area contributed by atoms with Crippen LogP contribution in [0.4, 0.5) is 0 Å². The molecule has 0 saturated carbocycles. The summed E-state index contributed by atoms with van der Waals surface area (Å²) in [6, 6.07) is 8.11. The van der Waals surface area contributed by atoms with Gasteiger partial charge in [0.05, 0.1) is 20.3 Å². The minimum absolute atomic E-state index is 0.107. The molecule has 2 rings (SSSR count). The van der Waals surface area contributed by atoms with Gasteiger partial charge in [-0.25, -0.2) is 0 Å². The number of benzene rings is 1. The van der Waals surface area contributed by atoms with E-state index in [0.29, 0.717) is 0 Å². The van der Waals surface area contributed by atoms with Crippen molar-refractivity contribution >= 4 is 27.3 Å². The third-order valence-corrected chi connectivity index (χ3v) is 5.00. The molecule has 0 aliphatic heterocycles. The van der Waals surface area contributed by atoms with Crippen molar-refractivity contribution in [3.63, 3.8) is 0 Å². The van der Waals surface area contributed by atoms with Crippen LogP contribution in [-0.4, -0.2) is 20.8 Å². The Kier molecular flexibility index (Phi) is 5.46. The van der Waals surface area contributed by atoms with Crippen LogP contribution < -0.4 is 14.8 Å². The molecule has 1 heterocycles.